The Morgan fingerprint density at radius 2 is 2.00 bits per heavy atom. The van der Waals surface area contributed by atoms with Crippen LogP contribution in [0.5, 0.6) is 11.5 Å². The highest BCUT2D eigenvalue weighted by Gasteiger charge is 2.17. The molecule has 0 bridgehead atoms. The van der Waals surface area contributed by atoms with Gasteiger partial charge in [0.05, 0.1) is 12.7 Å². The highest BCUT2D eigenvalue weighted by atomic mass is 16.5. The van der Waals surface area contributed by atoms with E-state index in [9.17, 15) is 10.2 Å². The molecule has 1 aromatic rings. The molecule has 0 fully saturated rings. The summed E-state index contributed by atoms with van der Waals surface area (Å²) >= 11 is 0. The number of para-hydroxylation sites is 1. The van der Waals surface area contributed by atoms with Gasteiger partial charge < -0.3 is 14.9 Å². The largest absolute Gasteiger partial charge is 0.504 e. The molecule has 0 heterocycles. The lowest BCUT2D eigenvalue weighted by Gasteiger charge is -2.25. The summed E-state index contributed by atoms with van der Waals surface area (Å²) in [5.41, 5.74) is 0.0413. The molecule has 0 atom stereocenters. The first-order valence-corrected chi connectivity index (χ1v) is 5.59. The van der Waals surface area contributed by atoms with Gasteiger partial charge in [0, 0.05) is 18.7 Å². The van der Waals surface area contributed by atoms with Crippen LogP contribution in [0.3, 0.4) is 0 Å². The number of hydrogen-bond acceptors (Lipinski definition) is 4. The molecule has 0 aliphatic rings. The summed E-state index contributed by atoms with van der Waals surface area (Å²) in [4.78, 5) is 1.95. The molecule has 0 saturated heterocycles. The summed E-state index contributed by atoms with van der Waals surface area (Å²) in [6, 6.07) is 5.40. The Hall–Kier alpha value is -1.26. The lowest BCUT2D eigenvalue weighted by Crippen LogP contribution is -2.35. The number of phenols is 1. The molecule has 2 N–H and O–H groups in total. The van der Waals surface area contributed by atoms with Gasteiger partial charge in [0.2, 0.25) is 0 Å². The second-order valence-corrected chi connectivity index (χ2v) is 4.95. The van der Waals surface area contributed by atoms with E-state index in [1.807, 2.05) is 24.1 Å². The summed E-state index contributed by atoms with van der Waals surface area (Å²) in [7, 11) is 3.43. The van der Waals surface area contributed by atoms with Gasteiger partial charge >= 0.3 is 0 Å². The van der Waals surface area contributed by atoms with Gasteiger partial charge in [-0.05, 0) is 27.0 Å². The van der Waals surface area contributed by atoms with Crippen molar-refractivity contribution in [1.29, 1.82) is 0 Å². The van der Waals surface area contributed by atoms with Crippen LogP contribution in [0.1, 0.15) is 19.4 Å². The molecule has 1 aromatic carbocycles. The fourth-order valence-electron chi connectivity index (χ4n) is 1.87. The second kappa shape index (κ2) is 5.38. The number of aromatic hydroxyl groups is 1. The SMILES string of the molecule is COc1cccc(CN(C)CC(C)(C)O)c1O. The van der Waals surface area contributed by atoms with Gasteiger partial charge in [0.15, 0.2) is 11.5 Å². The minimum Gasteiger partial charge on any atom is -0.504 e. The van der Waals surface area contributed by atoms with Crippen molar-refractivity contribution in [1.82, 2.24) is 4.90 Å². The Kier molecular flexibility index (Phi) is 4.37. The minimum atomic E-state index is -0.747. The third kappa shape index (κ3) is 4.24. The Morgan fingerprint density at radius 3 is 2.53 bits per heavy atom. The molecule has 0 saturated carbocycles. The Balaban J connectivity index is 2.75. The van der Waals surface area contributed by atoms with E-state index in [1.165, 1.54) is 7.11 Å². The number of ether oxygens (including phenoxy) is 1. The zero-order valence-electron chi connectivity index (χ0n) is 10.9. The molecular weight excluding hydrogens is 218 g/mol. The molecule has 0 unspecified atom stereocenters. The molecule has 0 spiro atoms. The first-order chi connectivity index (χ1) is 7.83. The van der Waals surface area contributed by atoms with Crippen LogP contribution in [0.25, 0.3) is 0 Å². The quantitative estimate of drug-likeness (QED) is 0.819. The maximum atomic E-state index is 9.92. The first-order valence-electron chi connectivity index (χ1n) is 5.59. The van der Waals surface area contributed by atoms with Crippen molar-refractivity contribution < 1.29 is 14.9 Å². The first kappa shape index (κ1) is 13.8. The zero-order chi connectivity index (χ0) is 13.1. The maximum absolute atomic E-state index is 9.92. The smallest absolute Gasteiger partial charge is 0.162 e. The number of rotatable bonds is 5. The van der Waals surface area contributed by atoms with Gasteiger partial charge in [0.1, 0.15) is 0 Å². The molecule has 1 rings (SSSR count). The van der Waals surface area contributed by atoms with Crippen molar-refractivity contribution >= 4 is 0 Å². The van der Waals surface area contributed by atoms with Crippen molar-refractivity contribution in [2.45, 2.75) is 26.0 Å². The van der Waals surface area contributed by atoms with E-state index in [-0.39, 0.29) is 5.75 Å². The van der Waals surface area contributed by atoms with Gasteiger partial charge in [-0.2, -0.15) is 0 Å². The van der Waals surface area contributed by atoms with E-state index in [0.29, 0.717) is 18.8 Å². The third-order valence-corrected chi connectivity index (χ3v) is 2.40. The van der Waals surface area contributed by atoms with Gasteiger partial charge in [-0.15, -0.1) is 0 Å². The Bertz CT molecular complexity index is 371. The normalized spacial score (nSPS) is 11.9. The van der Waals surface area contributed by atoms with Gasteiger partial charge in [-0.25, -0.2) is 0 Å². The number of likely N-dealkylation sites (N-methyl/N-ethyl adjacent to an activating group) is 1. The van der Waals surface area contributed by atoms with E-state index in [2.05, 4.69) is 0 Å². The van der Waals surface area contributed by atoms with Crippen molar-refractivity contribution in [2.24, 2.45) is 0 Å². The Labute approximate surface area is 102 Å². The summed E-state index contributed by atoms with van der Waals surface area (Å²) in [6.45, 7) is 4.61. The van der Waals surface area contributed by atoms with E-state index in [0.717, 1.165) is 5.56 Å². The lowest BCUT2D eigenvalue weighted by molar-refractivity contribution is 0.0422. The molecule has 0 aromatic heterocycles. The molecule has 4 nitrogen and oxygen atoms in total. The molecule has 0 radical (unpaired) electrons. The molecule has 0 amide bonds. The predicted molar refractivity (Wildman–Crippen MR) is 67.3 cm³/mol. The summed E-state index contributed by atoms with van der Waals surface area (Å²) in [5, 5.41) is 19.6. The third-order valence-electron chi connectivity index (χ3n) is 2.40. The zero-order valence-corrected chi connectivity index (χ0v) is 10.9. The van der Waals surface area contributed by atoms with Crippen LogP contribution in [-0.4, -0.2) is 41.4 Å². The number of benzene rings is 1. The van der Waals surface area contributed by atoms with Crippen molar-refractivity contribution in [3.05, 3.63) is 23.8 Å². The fourth-order valence-corrected chi connectivity index (χ4v) is 1.87. The average molecular weight is 239 g/mol. The fraction of sp³-hybridized carbons (Fsp3) is 0.538. The molecule has 0 aliphatic heterocycles. The highest BCUT2D eigenvalue weighted by Crippen LogP contribution is 2.30. The van der Waals surface area contributed by atoms with Crippen LogP contribution in [0, 0.1) is 0 Å². The topological polar surface area (TPSA) is 52.9 Å². The van der Waals surface area contributed by atoms with Crippen LogP contribution in [0.4, 0.5) is 0 Å². The number of hydrogen-bond donors (Lipinski definition) is 2. The maximum Gasteiger partial charge on any atom is 0.162 e. The summed E-state index contributed by atoms with van der Waals surface area (Å²) in [5.74, 6) is 0.636. The predicted octanol–water partition coefficient (Wildman–Crippen LogP) is 1.60. The minimum absolute atomic E-state index is 0.164. The van der Waals surface area contributed by atoms with Gasteiger partial charge in [0.25, 0.3) is 0 Å². The molecule has 96 valence electrons. The number of phenolic OH excluding ortho intramolecular Hbond substituents is 1. The molecule has 17 heavy (non-hydrogen) atoms. The van der Waals surface area contributed by atoms with Crippen molar-refractivity contribution in [3.63, 3.8) is 0 Å². The van der Waals surface area contributed by atoms with Crippen LogP contribution in [0.2, 0.25) is 0 Å². The van der Waals surface area contributed by atoms with Crippen LogP contribution >= 0.6 is 0 Å². The lowest BCUT2D eigenvalue weighted by atomic mass is 10.1. The van der Waals surface area contributed by atoms with E-state index in [4.69, 9.17) is 4.74 Å². The standard InChI is InChI=1S/C13H21NO3/c1-13(2,16)9-14(3)8-10-6-5-7-11(17-4)12(10)15/h5-7,15-16H,8-9H2,1-4H3. The number of nitrogens with zero attached hydrogens (tertiary/aromatic N) is 1. The van der Waals surface area contributed by atoms with Crippen LogP contribution in [0.15, 0.2) is 18.2 Å². The van der Waals surface area contributed by atoms with Crippen LogP contribution in [-0.2, 0) is 6.54 Å². The monoisotopic (exact) mass is 239 g/mol. The molecule has 4 heteroatoms. The molecule has 0 aliphatic carbocycles. The summed E-state index contributed by atoms with van der Waals surface area (Å²) < 4.78 is 5.05. The summed E-state index contributed by atoms with van der Waals surface area (Å²) in [6.07, 6.45) is 0. The van der Waals surface area contributed by atoms with E-state index < -0.39 is 5.60 Å². The number of aliphatic hydroxyl groups is 1. The molecular formula is C13H21NO3. The van der Waals surface area contributed by atoms with Gasteiger partial charge in [-0.1, -0.05) is 12.1 Å². The Morgan fingerprint density at radius 1 is 1.35 bits per heavy atom. The van der Waals surface area contributed by atoms with Gasteiger partial charge in [-0.3, -0.25) is 4.90 Å². The van der Waals surface area contributed by atoms with E-state index >= 15 is 0 Å². The van der Waals surface area contributed by atoms with Crippen molar-refractivity contribution in [2.75, 3.05) is 20.7 Å². The highest BCUT2D eigenvalue weighted by molar-refractivity contribution is 5.45. The van der Waals surface area contributed by atoms with E-state index in [1.54, 1.807) is 19.9 Å². The second-order valence-electron chi connectivity index (χ2n) is 4.95. The van der Waals surface area contributed by atoms with Crippen LogP contribution < -0.4 is 4.74 Å². The van der Waals surface area contributed by atoms with Crippen molar-refractivity contribution in [3.8, 4) is 11.5 Å². The number of methoxy groups -OCH3 is 1. The average Bonchev–Trinajstić information content (AvgIpc) is 2.18.